The van der Waals surface area contributed by atoms with Crippen LogP contribution in [0.2, 0.25) is 10.6 Å². The van der Waals surface area contributed by atoms with Gasteiger partial charge in [-0.25, -0.2) is 0 Å². The van der Waals surface area contributed by atoms with Gasteiger partial charge in [0.25, 0.3) is 0 Å². The largest absolute Gasteiger partial charge is 0.478 e. The van der Waals surface area contributed by atoms with Gasteiger partial charge in [0.05, 0.1) is 0 Å². The predicted octanol–water partition coefficient (Wildman–Crippen LogP) is 9.83. The van der Waals surface area contributed by atoms with Crippen LogP contribution in [0.5, 0.6) is 0 Å². The van der Waals surface area contributed by atoms with Gasteiger partial charge in [-0.05, 0) is 12.8 Å². The minimum absolute atomic E-state index is 0.0671. The minimum atomic E-state index is -1.13. The number of ether oxygens (including phenoxy) is 1. The van der Waals surface area contributed by atoms with E-state index in [9.17, 15) is 0 Å². The molecule has 0 aliphatic carbocycles. The Morgan fingerprint density at radius 2 is 0.900 bits per heavy atom. The van der Waals surface area contributed by atoms with Gasteiger partial charge in [0.1, 0.15) is 6.29 Å². The summed E-state index contributed by atoms with van der Waals surface area (Å²) in [7, 11) is 0. The monoisotopic (exact) mass is 440 g/mol. The summed E-state index contributed by atoms with van der Waals surface area (Å²) in [5.41, 5.74) is 0. The zero-order valence-corrected chi connectivity index (χ0v) is 22.7. The van der Waals surface area contributed by atoms with E-state index in [1.54, 1.807) is 0 Å². The third-order valence-corrected chi connectivity index (χ3v) is 9.03. The van der Waals surface area contributed by atoms with Crippen molar-refractivity contribution in [2.75, 3.05) is 6.61 Å². The van der Waals surface area contributed by atoms with Crippen molar-refractivity contribution >= 4 is 14.5 Å². The van der Waals surface area contributed by atoms with Crippen molar-refractivity contribution in [2.24, 2.45) is 0 Å². The summed E-state index contributed by atoms with van der Waals surface area (Å²) >= 11 is -1.13. The first-order chi connectivity index (χ1) is 14.8. The normalized spacial score (nSPS) is 12.4. The van der Waals surface area contributed by atoms with Crippen molar-refractivity contribution in [3.05, 3.63) is 0 Å². The van der Waals surface area contributed by atoms with Gasteiger partial charge in [0.2, 0.25) is 0 Å². The second-order valence-electron chi connectivity index (χ2n) is 9.35. The molecule has 0 aromatic rings. The highest BCUT2D eigenvalue weighted by Crippen LogP contribution is 2.18. The van der Waals surface area contributed by atoms with Crippen molar-refractivity contribution in [2.45, 2.75) is 167 Å². The van der Waals surface area contributed by atoms with E-state index in [1.165, 1.54) is 126 Å². The van der Waals surface area contributed by atoms with Crippen LogP contribution in [0.4, 0.5) is 0 Å². The summed E-state index contributed by atoms with van der Waals surface area (Å²) in [5, 5.41) is 2.72. The number of hydrogen-bond donors (Lipinski definition) is 0. The molecule has 0 amide bonds. The second-order valence-corrected chi connectivity index (χ2v) is 12.0. The zero-order valence-electron chi connectivity index (χ0n) is 21.5. The summed E-state index contributed by atoms with van der Waals surface area (Å²) in [6.45, 7) is 10.00. The van der Waals surface area contributed by atoms with E-state index in [2.05, 4.69) is 27.7 Å². The van der Waals surface area contributed by atoms with Crippen molar-refractivity contribution in [3.8, 4) is 0 Å². The molecular weight excluding hydrogens is 383 g/mol. The van der Waals surface area contributed by atoms with Crippen LogP contribution in [0.15, 0.2) is 0 Å². The average molecular weight is 441 g/mol. The Balaban J connectivity index is 4.13. The van der Waals surface area contributed by atoms with Crippen LogP contribution in [-0.2, 0) is 8.53 Å². The molecule has 0 saturated heterocycles. The van der Waals surface area contributed by atoms with Gasteiger partial charge < -0.3 is 8.53 Å². The third-order valence-electron chi connectivity index (χ3n) is 6.24. The number of rotatable bonds is 25. The molecule has 0 aromatic heterocycles. The molecular formula is C27H57AlO2. The maximum Gasteiger partial charge on any atom is 0.462 e. The topological polar surface area (TPSA) is 18.5 Å². The molecule has 0 bridgehead atoms. The zero-order chi connectivity index (χ0) is 22.1. The third kappa shape index (κ3) is 21.7. The molecule has 0 aromatic carbocycles. The molecule has 0 aliphatic heterocycles. The molecule has 0 heterocycles. The average Bonchev–Trinajstić information content (AvgIpc) is 2.76. The lowest BCUT2D eigenvalue weighted by Crippen LogP contribution is -2.28. The van der Waals surface area contributed by atoms with Gasteiger partial charge in [0.15, 0.2) is 0 Å². The summed E-state index contributed by atoms with van der Waals surface area (Å²) in [4.78, 5) is 0. The molecule has 2 nitrogen and oxygen atoms in total. The van der Waals surface area contributed by atoms with Crippen LogP contribution in [0.25, 0.3) is 0 Å². The van der Waals surface area contributed by atoms with E-state index in [1.807, 2.05) is 0 Å². The van der Waals surface area contributed by atoms with Gasteiger partial charge in [-0.2, -0.15) is 0 Å². The molecule has 180 valence electrons. The Morgan fingerprint density at radius 3 is 1.33 bits per heavy atom. The lowest BCUT2D eigenvalue weighted by Gasteiger charge is -2.23. The Morgan fingerprint density at radius 1 is 0.500 bits per heavy atom. The highest BCUT2D eigenvalue weighted by atomic mass is 27.2. The second kappa shape index (κ2) is 25.7. The van der Waals surface area contributed by atoms with Gasteiger partial charge in [0, 0.05) is 6.61 Å². The SMILES string of the molecule is CCCCCCCCOC(CC)[O][Al]([CH2]CCCCCCC)[CH2]CCCCCCC. The molecule has 1 unspecified atom stereocenters. The van der Waals surface area contributed by atoms with E-state index in [0.29, 0.717) is 0 Å². The Hall–Kier alpha value is 0.452. The van der Waals surface area contributed by atoms with Crippen LogP contribution in [-0.4, -0.2) is 27.4 Å². The van der Waals surface area contributed by atoms with Crippen LogP contribution in [0.3, 0.4) is 0 Å². The van der Waals surface area contributed by atoms with Gasteiger partial charge in [-0.15, -0.1) is 0 Å². The molecule has 1 atom stereocenters. The van der Waals surface area contributed by atoms with Gasteiger partial charge in [-0.1, -0.05) is 147 Å². The Labute approximate surface area is 196 Å². The molecule has 0 radical (unpaired) electrons. The molecule has 3 heteroatoms. The summed E-state index contributed by atoms with van der Waals surface area (Å²) in [5.74, 6) is 0. The van der Waals surface area contributed by atoms with E-state index in [0.717, 1.165) is 13.0 Å². The lowest BCUT2D eigenvalue weighted by atomic mass is 10.1. The van der Waals surface area contributed by atoms with E-state index >= 15 is 0 Å². The summed E-state index contributed by atoms with van der Waals surface area (Å²) < 4.78 is 12.8. The van der Waals surface area contributed by atoms with Gasteiger partial charge >= 0.3 is 14.5 Å². The summed E-state index contributed by atoms with van der Waals surface area (Å²) in [6, 6.07) is 0. The molecule has 0 aliphatic rings. The van der Waals surface area contributed by atoms with Crippen LogP contribution in [0.1, 0.15) is 150 Å². The van der Waals surface area contributed by atoms with E-state index in [4.69, 9.17) is 8.53 Å². The first kappa shape index (κ1) is 30.5. The predicted molar refractivity (Wildman–Crippen MR) is 137 cm³/mol. The van der Waals surface area contributed by atoms with Crippen LogP contribution >= 0.6 is 0 Å². The molecule has 0 spiro atoms. The molecule has 0 rings (SSSR count). The fraction of sp³-hybridized carbons (Fsp3) is 1.00. The first-order valence-electron chi connectivity index (χ1n) is 14.0. The number of unbranched alkanes of at least 4 members (excludes halogenated alkanes) is 15. The quantitative estimate of drug-likeness (QED) is 0.0798. The van der Waals surface area contributed by atoms with Gasteiger partial charge in [-0.3, -0.25) is 0 Å². The molecule has 0 saturated carbocycles. The maximum atomic E-state index is 6.62. The standard InChI is InChI=1S/C11H23O2.2C8H17.Al/c1-3-5-6-7-8-9-10-13-11(12)4-2;2*1-3-5-7-8-6-4-2;/h11H,3-10H2,1-2H3;2*1,3-8H2,2H3;/q-1;;;+1. The van der Waals surface area contributed by atoms with Crippen molar-refractivity contribution in [1.29, 1.82) is 0 Å². The highest BCUT2D eigenvalue weighted by Gasteiger charge is 2.23. The minimum Gasteiger partial charge on any atom is -0.478 e. The van der Waals surface area contributed by atoms with Crippen LogP contribution < -0.4 is 0 Å². The Bertz CT molecular complexity index is 295. The first-order valence-corrected chi connectivity index (χ1v) is 16.2. The van der Waals surface area contributed by atoms with Crippen LogP contribution in [0, 0.1) is 0 Å². The fourth-order valence-corrected chi connectivity index (χ4v) is 6.90. The smallest absolute Gasteiger partial charge is 0.462 e. The molecule has 30 heavy (non-hydrogen) atoms. The van der Waals surface area contributed by atoms with Crippen molar-refractivity contribution in [3.63, 3.8) is 0 Å². The Kier molecular flexibility index (Phi) is 26.1. The highest BCUT2D eigenvalue weighted by molar-refractivity contribution is 6.51. The van der Waals surface area contributed by atoms with E-state index in [-0.39, 0.29) is 6.29 Å². The van der Waals surface area contributed by atoms with Crippen molar-refractivity contribution < 1.29 is 8.53 Å². The maximum absolute atomic E-state index is 6.62. The summed E-state index contributed by atoms with van der Waals surface area (Å²) in [6.07, 6.45) is 25.7. The lowest BCUT2D eigenvalue weighted by molar-refractivity contribution is -0.0858. The molecule has 0 N–H and O–H groups in total. The number of hydrogen-bond acceptors (Lipinski definition) is 2. The fourth-order valence-electron chi connectivity index (χ4n) is 4.15. The molecule has 0 fully saturated rings. The van der Waals surface area contributed by atoms with Crippen molar-refractivity contribution in [1.82, 2.24) is 0 Å². The van der Waals surface area contributed by atoms with E-state index < -0.39 is 14.5 Å².